The van der Waals surface area contributed by atoms with Crippen molar-refractivity contribution in [2.24, 2.45) is 17.6 Å². The number of rotatable bonds is 4. The highest BCUT2D eigenvalue weighted by Gasteiger charge is 2.46. The van der Waals surface area contributed by atoms with E-state index in [1.54, 1.807) is 0 Å². The van der Waals surface area contributed by atoms with Crippen molar-refractivity contribution in [3.63, 3.8) is 0 Å². The SMILES string of the molecule is NC1(C(=O)NCC2CCCCC2C(=O)O)CC1. The first-order valence-corrected chi connectivity index (χ1v) is 6.33. The van der Waals surface area contributed by atoms with Crippen molar-refractivity contribution >= 4 is 11.9 Å². The molecular formula is C12H20N2O3. The molecule has 0 bridgehead atoms. The van der Waals surface area contributed by atoms with Gasteiger partial charge in [0.1, 0.15) is 0 Å². The van der Waals surface area contributed by atoms with Crippen LogP contribution in [0.15, 0.2) is 0 Å². The van der Waals surface area contributed by atoms with Gasteiger partial charge in [-0.3, -0.25) is 9.59 Å². The predicted octanol–water partition coefficient (Wildman–Crippen LogP) is 0.485. The molecule has 2 atom stereocenters. The fourth-order valence-electron chi connectivity index (χ4n) is 2.54. The molecule has 96 valence electrons. The number of carboxylic acid groups (broad SMARTS) is 1. The van der Waals surface area contributed by atoms with E-state index in [2.05, 4.69) is 5.32 Å². The van der Waals surface area contributed by atoms with Crippen molar-refractivity contribution in [3.8, 4) is 0 Å². The molecule has 2 aliphatic carbocycles. The lowest BCUT2D eigenvalue weighted by molar-refractivity contribution is -0.145. The summed E-state index contributed by atoms with van der Waals surface area (Å²) in [6, 6.07) is 0. The maximum atomic E-state index is 11.7. The molecule has 0 heterocycles. The minimum atomic E-state index is -0.738. The van der Waals surface area contributed by atoms with E-state index in [1.807, 2.05) is 0 Å². The number of aliphatic carboxylic acids is 1. The van der Waals surface area contributed by atoms with E-state index in [0.29, 0.717) is 6.54 Å². The lowest BCUT2D eigenvalue weighted by Crippen LogP contribution is -2.46. The van der Waals surface area contributed by atoms with E-state index in [9.17, 15) is 9.59 Å². The molecule has 2 fully saturated rings. The molecule has 0 spiro atoms. The first-order valence-electron chi connectivity index (χ1n) is 6.33. The third kappa shape index (κ3) is 2.77. The highest BCUT2D eigenvalue weighted by Crippen LogP contribution is 2.33. The van der Waals surface area contributed by atoms with Gasteiger partial charge in [0.25, 0.3) is 0 Å². The second-order valence-corrected chi connectivity index (χ2v) is 5.36. The molecule has 2 rings (SSSR count). The molecule has 17 heavy (non-hydrogen) atoms. The molecule has 2 unspecified atom stereocenters. The molecule has 2 saturated carbocycles. The standard InChI is InChI=1S/C12H20N2O3/c13-12(5-6-12)11(17)14-7-8-3-1-2-4-9(8)10(15)16/h8-9H,1-7,13H2,(H,14,17)(H,15,16). The third-order valence-corrected chi connectivity index (χ3v) is 3.99. The Bertz CT molecular complexity index is 326. The van der Waals surface area contributed by atoms with Gasteiger partial charge in [-0.15, -0.1) is 0 Å². The number of hydrogen-bond acceptors (Lipinski definition) is 3. The Hall–Kier alpha value is -1.10. The Labute approximate surface area is 101 Å². The van der Waals surface area contributed by atoms with Crippen LogP contribution in [0.25, 0.3) is 0 Å². The predicted molar refractivity (Wildman–Crippen MR) is 62.2 cm³/mol. The normalized spacial score (nSPS) is 30.6. The summed E-state index contributed by atoms with van der Waals surface area (Å²) < 4.78 is 0. The van der Waals surface area contributed by atoms with Gasteiger partial charge >= 0.3 is 5.97 Å². The highest BCUT2D eigenvalue weighted by molar-refractivity contribution is 5.89. The van der Waals surface area contributed by atoms with Gasteiger partial charge in [0.15, 0.2) is 0 Å². The summed E-state index contributed by atoms with van der Waals surface area (Å²) in [6.45, 7) is 0.453. The summed E-state index contributed by atoms with van der Waals surface area (Å²) >= 11 is 0. The smallest absolute Gasteiger partial charge is 0.306 e. The van der Waals surface area contributed by atoms with Crippen molar-refractivity contribution in [2.75, 3.05) is 6.54 Å². The van der Waals surface area contributed by atoms with Crippen molar-refractivity contribution in [1.82, 2.24) is 5.32 Å². The minimum absolute atomic E-state index is 0.0625. The van der Waals surface area contributed by atoms with Crippen molar-refractivity contribution < 1.29 is 14.7 Å². The van der Waals surface area contributed by atoms with Gasteiger partial charge in [-0.1, -0.05) is 12.8 Å². The second kappa shape index (κ2) is 4.64. The molecule has 0 aliphatic heterocycles. The van der Waals surface area contributed by atoms with E-state index in [1.165, 1.54) is 0 Å². The molecule has 0 aromatic heterocycles. The lowest BCUT2D eigenvalue weighted by Gasteiger charge is -2.28. The Morgan fingerprint density at radius 2 is 1.94 bits per heavy atom. The van der Waals surface area contributed by atoms with Gasteiger partial charge in [0, 0.05) is 6.54 Å². The van der Waals surface area contributed by atoms with E-state index >= 15 is 0 Å². The van der Waals surface area contributed by atoms with Gasteiger partial charge in [-0.2, -0.15) is 0 Å². The first kappa shape index (κ1) is 12.4. The van der Waals surface area contributed by atoms with E-state index in [4.69, 9.17) is 10.8 Å². The average molecular weight is 240 g/mol. The number of carbonyl (C=O) groups excluding carboxylic acids is 1. The van der Waals surface area contributed by atoms with Gasteiger partial charge < -0.3 is 16.2 Å². The van der Waals surface area contributed by atoms with Crippen LogP contribution >= 0.6 is 0 Å². The quantitative estimate of drug-likeness (QED) is 0.666. The number of nitrogens with one attached hydrogen (secondary N) is 1. The van der Waals surface area contributed by atoms with E-state index in [0.717, 1.165) is 38.5 Å². The molecule has 5 heteroatoms. The van der Waals surface area contributed by atoms with E-state index in [-0.39, 0.29) is 17.7 Å². The van der Waals surface area contributed by atoms with Crippen LogP contribution in [0.5, 0.6) is 0 Å². The van der Waals surface area contributed by atoms with Gasteiger partial charge in [-0.05, 0) is 31.6 Å². The molecule has 1 amide bonds. The average Bonchev–Trinajstić information content (AvgIpc) is 3.06. The summed E-state index contributed by atoms with van der Waals surface area (Å²) in [7, 11) is 0. The van der Waals surface area contributed by atoms with Crippen LogP contribution < -0.4 is 11.1 Å². The van der Waals surface area contributed by atoms with Crippen LogP contribution in [0.1, 0.15) is 38.5 Å². The lowest BCUT2D eigenvalue weighted by atomic mass is 9.79. The highest BCUT2D eigenvalue weighted by atomic mass is 16.4. The summed E-state index contributed by atoms with van der Waals surface area (Å²) in [5.41, 5.74) is 5.11. The number of amides is 1. The zero-order valence-corrected chi connectivity index (χ0v) is 9.95. The molecule has 0 aromatic rings. The number of nitrogens with two attached hydrogens (primary N) is 1. The monoisotopic (exact) mass is 240 g/mol. The number of carboxylic acids is 1. The molecule has 2 aliphatic rings. The Kier molecular flexibility index (Phi) is 3.38. The summed E-state index contributed by atoms with van der Waals surface area (Å²) in [5, 5.41) is 11.9. The molecule has 0 aromatic carbocycles. The molecule has 4 N–H and O–H groups in total. The van der Waals surface area contributed by atoms with Crippen LogP contribution in [0.2, 0.25) is 0 Å². The topological polar surface area (TPSA) is 92.4 Å². The molecular weight excluding hydrogens is 220 g/mol. The summed E-state index contributed by atoms with van der Waals surface area (Å²) in [5.74, 6) is -1.10. The molecule has 5 nitrogen and oxygen atoms in total. The van der Waals surface area contributed by atoms with Crippen LogP contribution in [0.3, 0.4) is 0 Å². The van der Waals surface area contributed by atoms with Crippen LogP contribution in [0.4, 0.5) is 0 Å². The van der Waals surface area contributed by atoms with Crippen LogP contribution in [-0.4, -0.2) is 29.1 Å². The third-order valence-electron chi connectivity index (χ3n) is 3.99. The second-order valence-electron chi connectivity index (χ2n) is 5.36. The Balaban J connectivity index is 1.84. The Morgan fingerprint density at radius 3 is 2.53 bits per heavy atom. The van der Waals surface area contributed by atoms with Crippen molar-refractivity contribution in [3.05, 3.63) is 0 Å². The van der Waals surface area contributed by atoms with Crippen LogP contribution in [0, 0.1) is 11.8 Å². The fourth-order valence-corrected chi connectivity index (χ4v) is 2.54. The Morgan fingerprint density at radius 1 is 1.29 bits per heavy atom. The zero-order chi connectivity index (χ0) is 12.5. The van der Waals surface area contributed by atoms with E-state index < -0.39 is 11.5 Å². The first-order chi connectivity index (χ1) is 8.03. The maximum absolute atomic E-state index is 11.7. The number of hydrogen-bond donors (Lipinski definition) is 3. The number of carbonyl (C=O) groups is 2. The van der Waals surface area contributed by atoms with Crippen molar-refractivity contribution in [2.45, 2.75) is 44.1 Å². The summed E-state index contributed by atoms with van der Waals surface area (Å²) in [4.78, 5) is 22.7. The van der Waals surface area contributed by atoms with Crippen molar-refractivity contribution in [1.29, 1.82) is 0 Å². The summed E-state index contributed by atoms with van der Waals surface area (Å²) in [6.07, 6.45) is 5.12. The van der Waals surface area contributed by atoms with Crippen LogP contribution in [-0.2, 0) is 9.59 Å². The molecule has 0 saturated heterocycles. The van der Waals surface area contributed by atoms with Gasteiger partial charge in [0.05, 0.1) is 11.5 Å². The fraction of sp³-hybridized carbons (Fsp3) is 0.833. The largest absolute Gasteiger partial charge is 0.481 e. The maximum Gasteiger partial charge on any atom is 0.306 e. The minimum Gasteiger partial charge on any atom is -0.481 e. The van der Waals surface area contributed by atoms with Gasteiger partial charge in [-0.25, -0.2) is 0 Å². The zero-order valence-electron chi connectivity index (χ0n) is 9.95. The van der Waals surface area contributed by atoms with Gasteiger partial charge in [0.2, 0.25) is 5.91 Å². The molecule has 0 radical (unpaired) electrons.